The van der Waals surface area contributed by atoms with Gasteiger partial charge in [-0.3, -0.25) is 14.4 Å². The molecule has 9 nitrogen and oxygen atoms in total. The van der Waals surface area contributed by atoms with Gasteiger partial charge in [-0.15, -0.1) is 0 Å². The van der Waals surface area contributed by atoms with Crippen LogP contribution < -0.4 is 11.1 Å². The van der Waals surface area contributed by atoms with Crippen molar-refractivity contribution in [1.82, 2.24) is 25.1 Å². The number of hydrogen-bond donors (Lipinski definition) is 2. The van der Waals surface area contributed by atoms with Crippen molar-refractivity contribution in [3.63, 3.8) is 0 Å². The van der Waals surface area contributed by atoms with Gasteiger partial charge in [0.15, 0.2) is 0 Å². The quantitative estimate of drug-likeness (QED) is 0.420. The van der Waals surface area contributed by atoms with Crippen LogP contribution in [-0.2, 0) is 20.8 Å². The molecule has 10 heteroatoms. The van der Waals surface area contributed by atoms with Crippen molar-refractivity contribution >= 4 is 29.3 Å². The van der Waals surface area contributed by atoms with Crippen LogP contribution in [0.5, 0.6) is 0 Å². The van der Waals surface area contributed by atoms with Crippen LogP contribution in [0.15, 0.2) is 24.3 Å². The molecule has 2 fully saturated rings. The molecule has 0 saturated carbocycles. The van der Waals surface area contributed by atoms with Crippen molar-refractivity contribution in [1.29, 1.82) is 0 Å². The first-order chi connectivity index (χ1) is 19.0. The molecule has 1 aromatic rings. The third kappa shape index (κ3) is 8.41. The minimum absolute atomic E-state index is 0.0808. The van der Waals surface area contributed by atoms with E-state index in [1.807, 2.05) is 35.8 Å². The molecule has 40 heavy (non-hydrogen) atoms. The highest BCUT2D eigenvalue weighted by molar-refractivity contribution is 6.30. The number of benzene rings is 1. The second-order valence-corrected chi connectivity index (χ2v) is 12.2. The standard InChI is InChI=1S/C30H49ClN6O3/c1-6-30(32,7-2)29(40)33-27(20-24-8-10-25(31)11-9-24)28(39)35-16-18-36(19-17-35)37(21-22(3)4)26-12-14-34(15-13-26)23(5)38/h8-11,22,26-27H,6-7,12-21,32H2,1-5H3,(H,33,40). The number of hydrazine groups is 1. The van der Waals surface area contributed by atoms with Crippen LogP contribution in [0, 0.1) is 5.92 Å². The summed E-state index contributed by atoms with van der Waals surface area (Å²) in [7, 11) is 0. The average Bonchev–Trinajstić information content (AvgIpc) is 2.95. The van der Waals surface area contributed by atoms with Gasteiger partial charge in [0.05, 0.1) is 5.54 Å². The average molecular weight is 577 g/mol. The number of piperidine rings is 1. The van der Waals surface area contributed by atoms with Crippen molar-refractivity contribution in [3.8, 4) is 0 Å². The number of hydrogen-bond acceptors (Lipinski definition) is 6. The van der Waals surface area contributed by atoms with E-state index in [1.165, 1.54) is 0 Å². The van der Waals surface area contributed by atoms with Gasteiger partial charge < -0.3 is 20.9 Å². The lowest BCUT2D eigenvalue weighted by molar-refractivity contribution is -0.146. The second kappa shape index (κ2) is 14.6. The Morgan fingerprint density at radius 3 is 2.08 bits per heavy atom. The molecular weight excluding hydrogens is 528 g/mol. The molecule has 2 saturated heterocycles. The third-order valence-corrected chi connectivity index (χ3v) is 8.74. The summed E-state index contributed by atoms with van der Waals surface area (Å²) in [5.41, 5.74) is 6.30. The van der Waals surface area contributed by atoms with Gasteiger partial charge in [-0.2, -0.15) is 0 Å². The number of piperazine rings is 1. The SMILES string of the molecule is CCC(N)(CC)C(=O)NC(Cc1ccc(Cl)cc1)C(=O)N1CCN(N(CC(C)C)C2CCN(C(C)=O)CC2)CC1. The first-order valence-electron chi connectivity index (χ1n) is 14.9. The summed E-state index contributed by atoms with van der Waals surface area (Å²) in [5.74, 6) is 0.273. The Hall–Kier alpha value is -2.20. The van der Waals surface area contributed by atoms with Crippen LogP contribution in [0.1, 0.15) is 65.9 Å². The van der Waals surface area contributed by atoms with Crippen molar-refractivity contribution in [3.05, 3.63) is 34.9 Å². The zero-order valence-corrected chi connectivity index (χ0v) is 25.8. The Bertz CT molecular complexity index is 984. The minimum Gasteiger partial charge on any atom is -0.343 e. The number of amides is 3. The Morgan fingerprint density at radius 1 is 1.00 bits per heavy atom. The molecule has 2 heterocycles. The Kier molecular flexibility index (Phi) is 11.8. The summed E-state index contributed by atoms with van der Waals surface area (Å²) in [6, 6.07) is 7.07. The molecular formula is C30H49ClN6O3. The largest absolute Gasteiger partial charge is 0.343 e. The van der Waals surface area contributed by atoms with Crippen molar-refractivity contribution in [2.75, 3.05) is 45.8 Å². The fraction of sp³-hybridized carbons (Fsp3) is 0.700. The molecule has 1 unspecified atom stereocenters. The van der Waals surface area contributed by atoms with E-state index in [9.17, 15) is 14.4 Å². The summed E-state index contributed by atoms with van der Waals surface area (Å²) in [5, 5.41) is 8.51. The number of nitrogens with one attached hydrogen (secondary N) is 1. The molecule has 2 aliphatic heterocycles. The zero-order valence-electron chi connectivity index (χ0n) is 25.0. The van der Waals surface area contributed by atoms with Crippen LogP contribution in [0.3, 0.4) is 0 Å². The second-order valence-electron chi connectivity index (χ2n) is 11.8. The summed E-state index contributed by atoms with van der Waals surface area (Å²) in [6.45, 7) is 15.0. The number of carbonyl (C=O) groups excluding carboxylic acids is 3. The fourth-order valence-corrected chi connectivity index (χ4v) is 5.80. The number of nitrogens with two attached hydrogens (primary N) is 1. The predicted molar refractivity (Wildman–Crippen MR) is 160 cm³/mol. The van der Waals surface area contributed by atoms with E-state index >= 15 is 0 Å². The van der Waals surface area contributed by atoms with E-state index < -0.39 is 11.6 Å². The predicted octanol–water partition coefficient (Wildman–Crippen LogP) is 2.91. The number of halogens is 1. The van der Waals surface area contributed by atoms with E-state index in [-0.39, 0.29) is 17.7 Å². The van der Waals surface area contributed by atoms with Crippen LogP contribution in [0.25, 0.3) is 0 Å². The molecule has 0 bridgehead atoms. The molecule has 1 atom stereocenters. The molecule has 0 aliphatic carbocycles. The van der Waals surface area contributed by atoms with Gasteiger partial charge >= 0.3 is 0 Å². The van der Waals surface area contributed by atoms with Crippen molar-refractivity contribution < 1.29 is 14.4 Å². The monoisotopic (exact) mass is 576 g/mol. The highest BCUT2D eigenvalue weighted by atomic mass is 35.5. The van der Waals surface area contributed by atoms with Crippen LogP contribution in [0.4, 0.5) is 0 Å². The normalized spacial score (nSPS) is 18.3. The highest BCUT2D eigenvalue weighted by Crippen LogP contribution is 2.22. The molecule has 3 amide bonds. The first-order valence-corrected chi connectivity index (χ1v) is 15.2. The van der Waals surface area contributed by atoms with E-state index in [1.54, 1.807) is 19.1 Å². The van der Waals surface area contributed by atoms with Gasteiger partial charge in [-0.25, -0.2) is 10.0 Å². The number of likely N-dealkylation sites (tertiary alicyclic amines) is 1. The maximum atomic E-state index is 13.8. The maximum absolute atomic E-state index is 13.8. The lowest BCUT2D eigenvalue weighted by Gasteiger charge is -2.47. The summed E-state index contributed by atoms with van der Waals surface area (Å²) in [4.78, 5) is 42.7. The lowest BCUT2D eigenvalue weighted by Crippen LogP contribution is -2.63. The molecule has 1 aromatic carbocycles. The Balaban J connectivity index is 1.69. The fourth-order valence-electron chi connectivity index (χ4n) is 5.67. The van der Waals surface area contributed by atoms with Gasteiger partial charge in [0.2, 0.25) is 17.7 Å². The number of carbonyl (C=O) groups is 3. The highest BCUT2D eigenvalue weighted by Gasteiger charge is 2.37. The van der Waals surface area contributed by atoms with Crippen LogP contribution >= 0.6 is 11.6 Å². The van der Waals surface area contributed by atoms with E-state index in [4.69, 9.17) is 17.3 Å². The smallest absolute Gasteiger partial charge is 0.245 e. The summed E-state index contributed by atoms with van der Waals surface area (Å²) < 4.78 is 0. The van der Waals surface area contributed by atoms with Gasteiger partial charge in [0.25, 0.3) is 0 Å². The molecule has 3 N–H and O–H groups in total. The molecule has 2 aliphatic rings. The summed E-state index contributed by atoms with van der Waals surface area (Å²) in [6.07, 6.45) is 3.27. The first kappa shape index (κ1) is 32.3. The van der Waals surface area contributed by atoms with Gasteiger partial charge in [-0.1, -0.05) is 51.4 Å². The molecule has 0 spiro atoms. The van der Waals surface area contributed by atoms with E-state index in [0.717, 1.165) is 51.1 Å². The maximum Gasteiger partial charge on any atom is 0.245 e. The molecule has 224 valence electrons. The third-order valence-electron chi connectivity index (χ3n) is 8.49. The van der Waals surface area contributed by atoms with E-state index in [2.05, 4.69) is 29.2 Å². The zero-order chi connectivity index (χ0) is 29.4. The van der Waals surface area contributed by atoms with Crippen molar-refractivity contribution in [2.24, 2.45) is 11.7 Å². The number of rotatable bonds is 11. The lowest BCUT2D eigenvalue weighted by atomic mass is 9.92. The molecule has 0 aromatic heterocycles. The number of nitrogens with zero attached hydrogens (tertiary/aromatic N) is 4. The topological polar surface area (TPSA) is 102 Å². The summed E-state index contributed by atoms with van der Waals surface area (Å²) >= 11 is 6.07. The van der Waals surface area contributed by atoms with Crippen LogP contribution in [-0.4, -0.2) is 101 Å². The van der Waals surface area contributed by atoms with Gasteiger partial charge in [0, 0.05) is 70.2 Å². The molecule has 0 radical (unpaired) electrons. The Labute approximate surface area is 245 Å². The van der Waals surface area contributed by atoms with E-state index in [0.29, 0.717) is 49.3 Å². The Morgan fingerprint density at radius 2 is 1.57 bits per heavy atom. The van der Waals surface area contributed by atoms with Gasteiger partial charge in [-0.05, 0) is 49.3 Å². The van der Waals surface area contributed by atoms with Gasteiger partial charge in [0.1, 0.15) is 6.04 Å². The van der Waals surface area contributed by atoms with Crippen LogP contribution in [0.2, 0.25) is 5.02 Å². The van der Waals surface area contributed by atoms with Crippen molar-refractivity contribution in [2.45, 2.75) is 84.3 Å². The molecule has 3 rings (SSSR count). The minimum atomic E-state index is -1.01.